The number of benzene rings is 2. The molecule has 2 aliphatic rings. The fourth-order valence-electron chi connectivity index (χ4n) is 4.41. The Morgan fingerprint density at radius 2 is 1.91 bits per heavy atom. The summed E-state index contributed by atoms with van der Waals surface area (Å²) in [6.45, 7) is 3.38. The van der Waals surface area contributed by atoms with E-state index in [0.29, 0.717) is 47.8 Å². The van der Waals surface area contributed by atoms with Gasteiger partial charge in [-0.25, -0.2) is 14.8 Å². The molecule has 0 saturated carbocycles. The number of hydrogen-bond donors (Lipinski definition) is 2. The number of aromatic nitrogens is 2. The molecule has 1 unspecified atom stereocenters. The molecule has 180 valence electrons. The first-order valence-electron chi connectivity index (χ1n) is 11.4. The molecule has 9 nitrogen and oxygen atoms in total. The highest BCUT2D eigenvalue weighted by molar-refractivity contribution is 6.30. The smallest absolute Gasteiger partial charge is 0.318 e. The van der Waals surface area contributed by atoms with Crippen molar-refractivity contribution in [2.45, 2.75) is 19.0 Å². The Balaban J connectivity index is 1.53. The van der Waals surface area contributed by atoms with E-state index in [1.165, 1.54) is 0 Å². The van der Waals surface area contributed by atoms with Crippen molar-refractivity contribution >= 4 is 40.7 Å². The number of anilines is 3. The minimum Gasteiger partial charge on any atom is -0.377 e. The number of hydrogen-bond acceptors (Lipinski definition) is 6. The van der Waals surface area contributed by atoms with E-state index >= 15 is 0 Å². The molecular formula is C25H25ClN6O3. The number of rotatable bonds is 4. The Morgan fingerprint density at radius 3 is 2.63 bits per heavy atom. The van der Waals surface area contributed by atoms with Crippen molar-refractivity contribution in [3.63, 3.8) is 0 Å². The fraction of sp³-hybridized carbons (Fsp3) is 0.280. The largest absolute Gasteiger partial charge is 0.377 e. The number of morpholine rings is 1. The van der Waals surface area contributed by atoms with Crippen molar-refractivity contribution in [1.82, 2.24) is 15.3 Å². The number of carbonyl (C=O) groups is 2. The van der Waals surface area contributed by atoms with E-state index in [9.17, 15) is 9.59 Å². The summed E-state index contributed by atoms with van der Waals surface area (Å²) < 4.78 is 5.65. The van der Waals surface area contributed by atoms with Gasteiger partial charge in [-0.05, 0) is 48.9 Å². The first kappa shape index (κ1) is 23.1. The molecule has 1 fully saturated rings. The minimum atomic E-state index is -0.451. The number of amides is 3. The van der Waals surface area contributed by atoms with Gasteiger partial charge in [0.05, 0.1) is 25.5 Å². The lowest BCUT2D eigenvalue weighted by Crippen LogP contribution is -2.59. The lowest BCUT2D eigenvalue weighted by molar-refractivity contribution is -0.123. The standard InChI is InChI=1S/C25H25ClN6O3/c1-15(16-3-7-18(26)8-4-16)32-20-13-28-22(17-5-9-19(10-6-17)29-25(34)27-2)30-23(20)31-11-12-35-14-21(31)24(32)33/h3-10,13,15,21H,11-12,14H2,1-2H3,(H2,27,29,34)/t15?,21-/m0/s1. The maximum absolute atomic E-state index is 13.6. The van der Waals surface area contributed by atoms with E-state index < -0.39 is 6.04 Å². The van der Waals surface area contributed by atoms with E-state index in [4.69, 9.17) is 21.3 Å². The molecule has 0 bridgehead atoms. The summed E-state index contributed by atoms with van der Waals surface area (Å²) in [6.07, 6.45) is 1.71. The molecule has 35 heavy (non-hydrogen) atoms. The van der Waals surface area contributed by atoms with Gasteiger partial charge in [0.15, 0.2) is 11.6 Å². The highest BCUT2D eigenvalue weighted by Crippen LogP contribution is 2.41. The monoisotopic (exact) mass is 492 g/mol. The molecule has 1 saturated heterocycles. The van der Waals surface area contributed by atoms with E-state index in [2.05, 4.69) is 15.6 Å². The van der Waals surface area contributed by atoms with Gasteiger partial charge in [-0.2, -0.15) is 0 Å². The number of halogens is 1. The number of fused-ring (bicyclic) bond motifs is 3. The molecule has 0 radical (unpaired) electrons. The maximum Gasteiger partial charge on any atom is 0.318 e. The van der Waals surface area contributed by atoms with Gasteiger partial charge in [-0.3, -0.25) is 9.69 Å². The fourth-order valence-corrected chi connectivity index (χ4v) is 4.54. The van der Waals surface area contributed by atoms with Gasteiger partial charge >= 0.3 is 6.03 Å². The SMILES string of the molecule is CNC(=O)Nc1ccc(-c2ncc3c(n2)N2CCOC[C@H]2C(=O)N3C(C)c2ccc(Cl)cc2)cc1. The van der Waals surface area contributed by atoms with E-state index in [0.717, 1.165) is 11.1 Å². The summed E-state index contributed by atoms with van der Waals surface area (Å²) in [5, 5.41) is 5.90. The van der Waals surface area contributed by atoms with Crippen molar-refractivity contribution in [3.8, 4) is 11.4 Å². The second-order valence-corrected chi connectivity index (χ2v) is 8.84. The summed E-state index contributed by atoms with van der Waals surface area (Å²) in [4.78, 5) is 38.4. The van der Waals surface area contributed by atoms with Crippen LogP contribution in [0.4, 0.5) is 22.0 Å². The Labute approximate surface area is 208 Å². The highest BCUT2D eigenvalue weighted by atomic mass is 35.5. The van der Waals surface area contributed by atoms with Crippen LogP contribution < -0.4 is 20.4 Å². The maximum atomic E-state index is 13.6. The molecule has 2 aromatic carbocycles. The summed E-state index contributed by atoms with van der Waals surface area (Å²) in [5.41, 5.74) is 3.08. The second-order valence-electron chi connectivity index (χ2n) is 8.40. The highest BCUT2D eigenvalue weighted by Gasteiger charge is 2.43. The van der Waals surface area contributed by atoms with E-state index in [-0.39, 0.29) is 18.0 Å². The first-order chi connectivity index (χ1) is 17.0. The van der Waals surface area contributed by atoms with Crippen LogP contribution in [0.2, 0.25) is 5.02 Å². The van der Waals surface area contributed by atoms with Crippen LogP contribution in [0.15, 0.2) is 54.7 Å². The van der Waals surface area contributed by atoms with E-state index in [1.54, 1.807) is 30.3 Å². The van der Waals surface area contributed by atoms with Gasteiger partial charge in [0, 0.05) is 29.9 Å². The van der Waals surface area contributed by atoms with E-state index in [1.807, 2.05) is 48.2 Å². The number of nitrogens with zero attached hydrogens (tertiary/aromatic N) is 4. The van der Waals surface area contributed by atoms with Crippen LogP contribution >= 0.6 is 11.6 Å². The van der Waals surface area contributed by atoms with Gasteiger partial charge in [0.1, 0.15) is 11.7 Å². The molecule has 2 aliphatic heterocycles. The normalized spacial score (nSPS) is 17.9. The summed E-state index contributed by atoms with van der Waals surface area (Å²) in [7, 11) is 1.56. The molecule has 3 aromatic rings. The van der Waals surface area contributed by atoms with Crippen molar-refractivity contribution in [3.05, 3.63) is 65.3 Å². The van der Waals surface area contributed by atoms with Crippen molar-refractivity contribution in [2.24, 2.45) is 0 Å². The quantitative estimate of drug-likeness (QED) is 0.573. The molecular weight excluding hydrogens is 468 g/mol. The third-order valence-electron chi connectivity index (χ3n) is 6.30. The van der Waals surface area contributed by atoms with Crippen LogP contribution in [-0.4, -0.2) is 54.8 Å². The molecule has 3 heterocycles. The Morgan fingerprint density at radius 1 is 1.17 bits per heavy atom. The number of nitrogens with one attached hydrogen (secondary N) is 2. The molecule has 0 spiro atoms. The summed E-state index contributed by atoms with van der Waals surface area (Å²) in [5.74, 6) is 1.20. The molecule has 2 N–H and O–H groups in total. The molecule has 5 rings (SSSR count). The molecule has 0 aliphatic carbocycles. The third kappa shape index (κ3) is 4.40. The van der Waals surface area contributed by atoms with Gasteiger partial charge in [0.2, 0.25) is 0 Å². The average molecular weight is 493 g/mol. The van der Waals surface area contributed by atoms with Crippen molar-refractivity contribution in [1.29, 1.82) is 0 Å². The molecule has 3 amide bonds. The van der Waals surface area contributed by atoms with Crippen LogP contribution in [0, 0.1) is 0 Å². The topological polar surface area (TPSA) is 99.7 Å². The molecule has 1 aromatic heterocycles. The van der Waals surface area contributed by atoms with Crippen LogP contribution in [0.5, 0.6) is 0 Å². The Bertz CT molecular complexity index is 1250. The van der Waals surface area contributed by atoms with Crippen molar-refractivity contribution in [2.75, 3.05) is 41.9 Å². The summed E-state index contributed by atoms with van der Waals surface area (Å²) in [6, 6.07) is 13.8. The number of ether oxygens (including phenoxy) is 1. The van der Waals surface area contributed by atoms with Crippen LogP contribution in [0.25, 0.3) is 11.4 Å². The summed E-state index contributed by atoms with van der Waals surface area (Å²) >= 11 is 6.07. The predicted octanol–water partition coefficient (Wildman–Crippen LogP) is 3.86. The van der Waals surface area contributed by atoms with Crippen LogP contribution in [0.3, 0.4) is 0 Å². The van der Waals surface area contributed by atoms with Crippen LogP contribution in [0.1, 0.15) is 18.5 Å². The zero-order valence-electron chi connectivity index (χ0n) is 19.4. The molecule has 10 heteroatoms. The zero-order chi connectivity index (χ0) is 24.5. The Hall–Kier alpha value is -3.69. The predicted molar refractivity (Wildman–Crippen MR) is 135 cm³/mol. The number of urea groups is 1. The lowest BCUT2D eigenvalue weighted by Gasteiger charge is -2.45. The third-order valence-corrected chi connectivity index (χ3v) is 6.55. The van der Waals surface area contributed by atoms with Crippen molar-refractivity contribution < 1.29 is 14.3 Å². The van der Waals surface area contributed by atoms with Gasteiger partial charge in [-0.1, -0.05) is 23.7 Å². The van der Waals surface area contributed by atoms with Gasteiger partial charge in [-0.15, -0.1) is 0 Å². The minimum absolute atomic E-state index is 0.0411. The van der Waals surface area contributed by atoms with Gasteiger partial charge in [0.25, 0.3) is 5.91 Å². The number of carbonyl (C=O) groups excluding carboxylic acids is 2. The van der Waals surface area contributed by atoms with Crippen LogP contribution in [-0.2, 0) is 9.53 Å². The van der Waals surface area contributed by atoms with Gasteiger partial charge < -0.3 is 20.3 Å². The lowest BCUT2D eigenvalue weighted by atomic mass is 10.0. The zero-order valence-corrected chi connectivity index (χ0v) is 20.1. The Kier molecular flexibility index (Phi) is 6.27. The first-order valence-corrected chi connectivity index (χ1v) is 11.7. The second kappa shape index (κ2) is 9.52. The molecule has 2 atom stereocenters. The average Bonchev–Trinajstić information content (AvgIpc) is 2.89.